The highest BCUT2D eigenvalue weighted by Gasteiger charge is 2.04. The first-order valence-corrected chi connectivity index (χ1v) is 6.09. The van der Waals surface area contributed by atoms with Gasteiger partial charge in [-0.1, -0.05) is 39.0 Å². The third-order valence-corrected chi connectivity index (χ3v) is 2.66. The summed E-state index contributed by atoms with van der Waals surface area (Å²) >= 11 is 0. The summed E-state index contributed by atoms with van der Waals surface area (Å²) < 4.78 is 0. The van der Waals surface area contributed by atoms with Crippen LogP contribution in [0.2, 0.25) is 0 Å². The molecule has 0 saturated heterocycles. The first kappa shape index (κ1) is 12.2. The van der Waals surface area contributed by atoms with Crippen molar-refractivity contribution in [3.05, 3.63) is 11.8 Å². The van der Waals surface area contributed by atoms with Crippen molar-refractivity contribution in [3.8, 4) is 0 Å². The number of carbonyl (C=O) groups excluding carboxylic acids is 1. The van der Waals surface area contributed by atoms with Gasteiger partial charge in [-0.05, 0) is 12.8 Å². The van der Waals surface area contributed by atoms with Gasteiger partial charge in [-0.25, -0.2) is 0 Å². The van der Waals surface area contributed by atoms with Crippen molar-refractivity contribution in [2.45, 2.75) is 58.3 Å². The highest BCUT2D eigenvalue weighted by molar-refractivity contribution is 6.01. The van der Waals surface area contributed by atoms with E-state index in [0.717, 1.165) is 12.1 Å². The minimum Gasteiger partial charge on any atom is -0.294 e. The summed E-state index contributed by atoms with van der Waals surface area (Å²) in [5.74, 6) is 0.200. The van der Waals surface area contributed by atoms with Gasteiger partial charge in [-0.3, -0.25) is 9.79 Å². The van der Waals surface area contributed by atoms with Gasteiger partial charge in [0.25, 0.3) is 0 Å². The average Bonchev–Trinajstić information content (AvgIpc) is 2.23. The van der Waals surface area contributed by atoms with Crippen LogP contribution in [0.1, 0.15) is 58.3 Å². The van der Waals surface area contributed by atoms with Crippen LogP contribution in [0.5, 0.6) is 0 Å². The number of rotatable bonds is 7. The Morgan fingerprint density at radius 1 is 1.20 bits per heavy atom. The number of hydrogen-bond donors (Lipinski definition) is 0. The summed E-state index contributed by atoms with van der Waals surface area (Å²) in [5.41, 5.74) is 0.974. The van der Waals surface area contributed by atoms with Gasteiger partial charge in [-0.15, -0.1) is 0 Å². The van der Waals surface area contributed by atoms with E-state index in [-0.39, 0.29) is 5.78 Å². The zero-order valence-electron chi connectivity index (χ0n) is 9.67. The van der Waals surface area contributed by atoms with Crippen LogP contribution in [0.25, 0.3) is 0 Å². The van der Waals surface area contributed by atoms with Gasteiger partial charge in [0.1, 0.15) is 0 Å². The zero-order chi connectivity index (χ0) is 10.9. The van der Waals surface area contributed by atoms with Crippen LogP contribution in [-0.2, 0) is 4.79 Å². The molecule has 0 aromatic carbocycles. The Bertz CT molecular complexity index is 253. The normalized spacial score (nSPS) is 15.5. The largest absolute Gasteiger partial charge is 0.294 e. The topological polar surface area (TPSA) is 29.4 Å². The predicted octanol–water partition coefficient (Wildman–Crippen LogP) is 3.66. The maximum atomic E-state index is 11.1. The van der Waals surface area contributed by atoms with Crippen LogP contribution >= 0.6 is 0 Å². The first-order chi connectivity index (χ1) is 7.33. The lowest BCUT2D eigenvalue weighted by Crippen LogP contribution is -2.01. The standard InChI is InChI=1S/C13H21NO/c1-2-3-4-5-6-7-8-12-11-13(15)9-10-14-12/h10-11H,2-9H2,1H3. The molecule has 0 bridgehead atoms. The van der Waals surface area contributed by atoms with Gasteiger partial charge in [0.15, 0.2) is 5.78 Å². The molecular weight excluding hydrogens is 186 g/mol. The Morgan fingerprint density at radius 3 is 2.67 bits per heavy atom. The second-order valence-corrected chi connectivity index (χ2v) is 4.14. The van der Waals surface area contributed by atoms with Crippen molar-refractivity contribution in [2.24, 2.45) is 4.99 Å². The summed E-state index contributed by atoms with van der Waals surface area (Å²) in [4.78, 5) is 15.3. The molecule has 0 unspecified atom stereocenters. The number of allylic oxidation sites excluding steroid dienone is 2. The van der Waals surface area contributed by atoms with Gasteiger partial charge in [-0.2, -0.15) is 0 Å². The molecule has 15 heavy (non-hydrogen) atoms. The van der Waals surface area contributed by atoms with E-state index in [1.165, 1.54) is 38.5 Å². The van der Waals surface area contributed by atoms with Crippen LogP contribution in [0, 0.1) is 0 Å². The second kappa shape index (κ2) is 7.38. The molecule has 0 spiro atoms. The quantitative estimate of drug-likeness (QED) is 0.586. The predicted molar refractivity (Wildman–Crippen MR) is 64.2 cm³/mol. The Kier molecular flexibility index (Phi) is 5.98. The highest BCUT2D eigenvalue weighted by Crippen LogP contribution is 2.14. The van der Waals surface area contributed by atoms with E-state index in [0.29, 0.717) is 6.42 Å². The molecule has 0 amide bonds. The van der Waals surface area contributed by atoms with Crippen molar-refractivity contribution in [3.63, 3.8) is 0 Å². The molecule has 0 aromatic heterocycles. The molecule has 0 aromatic rings. The lowest BCUT2D eigenvalue weighted by Gasteiger charge is -2.05. The van der Waals surface area contributed by atoms with Crippen molar-refractivity contribution in [2.75, 3.05) is 0 Å². The maximum Gasteiger partial charge on any atom is 0.162 e. The van der Waals surface area contributed by atoms with E-state index in [1.54, 1.807) is 12.3 Å². The number of ketones is 1. The minimum absolute atomic E-state index is 0.200. The fourth-order valence-corrected chi connectivity index (χ4v) is 1.76. The number of nitrogens with zero attached hydrogens (tertiary/aromatic N) is 1. The molecule has 1 aliphatic heterocycles. The summed E-state index contributed by atoms with van der Waals surface area (Å²) in [7, 11) is 0. The van der Waals surface area contributed by atoms with E-state index in [9.17, 15) is 4.79 Å². The summed E-state index contributed by atoms with van der Waals surface area (Å²) in [5, 5.41) is 0. The average molecular weight is 207 g/mol. The molecule has 2 heteroatoms. The smallest absolute Gasteiger partial charge is 0.162 e. The van der Waals surface area contributed by atoms with Crippen molar-refractivity contribution < 1.29 is 4.79 Å². The fourth-order valence-electron chi connectivity index (χ4n) is 1.76. The minimum atomic E-state index is 0.200. The molecule has 2 nitrogen and oxygen atoms in total. The third kappa shape index (κ3) is 5.50. The fraction of sp³-hybridized carbons (Fsp3) is 0.692. The summed E-state index contributed by atoms with van der Waals surface area (Å²) in [6.07, 6.45) is 12.6. The summed E-state index contributed by atoms with van der Waals surface area (Å²) in [6.45, 7) is 2.23. The molecule has 1 heterocycles. The third-order valence-electron chi connectivity index (χ3n) is 2.66. The van der Waals surface area contributed by atoms with E-state index in [1.807, 2.05) is 0 Å². The van der Waals surface area contributed by atoms with Crippen LogP contribution < -0.4 is 0 Å². The van der Waals surface area contributed by atoms with Crippen LogP contribution in [0.15, 0.2) is 16.8 Å². The SMILES string of the molecule is CCCCCCCCC1=CC(=O)CC=N1. The Morgan fingerprint density at radius 2 is 1.93 bits per heavy atom. The zero-order valence-corrected chi connectivity index (χ0v) is 9.67. The molecule has 0 aliphatic carbocycles. The van der Waals surface area contributed by atoms with Gasteiger partial charge in [0.05, 0.1) is 0 Å². The van der Waals surface area contributed by atoms with E-state index < -0.39 is 0 Å². The lowest BCUT2D eigenvalue weighted by atomic mass is 10.1. The Labute approximate surface area is 92.5 Å². The van der Waals surface area contributed by atoms with Gasteiger partial charge >= 0.3 is 0 Å². The number of unbranched alkanes of at least 4 members (excludes halogenated alkanes) is 5. The Balaban J connectivity index is 2.05. The van der Waals surface area contributed by atoms with Crippen molar-refractivity contribution in [1.29, 1.82) is 0 Å². The maximum absolute atomic E-state index is 11.1. The molecule has 1 rings (SSSR count). The number of hydrogen-bond acceptors (Lipinski definition) is 2. The molecule has 1 aliphatic rings. The monoisotopic (exact) mass is 207 g/mol. The number of carbonyl (C=O) groups is 1. The van der Waals surface area contributed by atoms with E-state index in [2.05, 4.69) is 11.9 Å². The first-order valence-electron chi connectivity index (χ1n) is 6.09. The van der Waals surface area contributed by atoms with Gasteiger partial charge in [0, 0.05) is 24.4 Å². The van der Waals surface area contributed by atoms with E-state index >= 15 is 0 Å². The van der Waals surface area contributed by atoms with Crippen LogP contribution in [0.3, 0.4) is 0 Å². The highest BCUT2D eigenvalue weighted by atomic mass is 16.1. The summed E-state index contributed by atoms with van der Waals surface area (Å²) in [6, 6.07) is 0. The van der Waals surface area contributed by atoms with Gasteiger partial charge < -0.3 is 0 Å². The van der Waals surface area contributed by atoms with Crippen molar-refractivity contribution >= 4 is 12.0 Å². The molecule has 0 fully saturated rings. The molecule has 0 radical (unpaired) electrons. The van der Waals surface area contributed by atoms with Crippen LogP contribution in [-0.4, -0.2) is 12.0 Å². The number of aliphatic imine (C=N–C) groups is 1. The van der Waals surface area contributed by atoms with Crippen molar-refractivity contribution in [1.82, 2.24) is 0 Å². The Hall–Kier alpha value is -0.920. The lowest BCUT2D eigenvalue weighted by molar-refractivity contribution is -0.113. The second-order valence-electron chi connectivity index (χ2n) is 4.14. The molecule has 0 atom stereocenters. The molecular formula is C13H21NO. The molecule has 0 saturated carbocycles. The van der Waals surface area contributed by atoms with E-state index in [4.69, 9.17) is 0 Å². The van der Waals surface area contributed by atoms with Crippen LogP contribution in [0.4, 0.5) is 0 Å². The molecule has 0 N–H and O–H groups in total. The molecule has 84 valence electrons. The van der Waals surface area contributed by atoms with Gasteiger partial charge in [0.2, 0.25) is 0 Å².